The van der Waals surface area contributed by atoms with Gasteiger partial charge in [0.2, 0.25) is 0 Å². The average molecular weight is 503 g/mol. The molecule has 0 fully saturated rings. The molecule has 0 saturated heterocycles. The largest absolute Gasteiger partial charge is 0.504 e. The highest BCUT2D eigenvalue weighted by atomic mass is 32.1. The van der Waals surface area contributed by atoms with Crippen molar-refractivity contribution in [1.29, 1.82) is 15.9 Å². The summed E-state index contributed by atoms with van der Waals surface area (Å²) in [4.78, 5) is 13.3. The molecule has 1 aliphatic heterocycles. The molecule has 10 heteroatoms. The number of rotatable bonds is 6. The van der Waals surface area contributed by atoms with Gasteiger partial charge in [0.05, 0.1) is 35.5 Å². The average Bonchev–Trinajstić information content (AvgIpc) is 3.18. The number of nitrogens with zero attached hydrogens (tertiary/aromatic N) is 3. The Balaban J connectivity index is 1.96. The number of hydrogen-bond acceptors (Lipinski definition) is 9. The Hall–Kier alpha value is -4.54. The van der Waals surface area contributed by atoms with Crippen LogP contribution < -0.4 is 24.2 Å². The Morgan fingerprint density at radius 2 is 1.72 bits per heavy atom. The van der Waals surface area contributed by atoms with Gasteiger partial charge in [-0.3, -0.25) is 14.8 Å². The second kappa shape index (κ2) is 9.98. The van der Waals surface area contributed by atoms with E-state index in [0.717, 1.165) is 15.9 Å². The number of benzene rings is 2. The topological polar surface area (TPSA) is 152 Å². The molecule has 0 bridgehead atoms. The van der Waals surface area contributed by atoms with Crippen LogP contribution in [0.25, 0.3) is 11.6 Å². The summed E-state index contributed by atoms with van der Waals surface area (Å²) < 4.78 is 12.5. The molecule has 9 nitrogen and oxygen atoms in total. The highest BCUT2D eigenvalue weighted by Crippen LogP contribution is 2.39. The predicted molar refractivity (Wildman–Crippen MR) is 134 cm³/mol. The number of aromatic hydroxyl groups is 2. The number of phenolic OH excluding ortho intramolecular Hbond substituents is 2. The number of aromatic nitrogens is 1. The monoisotopic (exact) mass is 502 g/mol. The van der Waals surface area contributed by atoms with Crippen molar-refractivity contribution in [2.45, 2.75) is 19.8 Å². The fourth-order valence-corrected chi connectivity index (χ4v) is 5.27. The van der Waals surface area contributed by atoms with Crippen LogP contribution in [0.15, 0.2) is 41.2 Å². The van der Waals surface area contributed by atoms with Crippen molar-refractivity contribution in [3.8, 4) is 35.1 Å². The Bertz CT molecular complexity index is 1620. The van der Waals surface area contributed by atoms with Crippen molar-refractivity contribution in [3.05, 3.63) is 67.1 Å². The Morgan fingerprint density at radius 1 is 1.08 bits per heavy atom. The third kappa shape index (κ3) is 4.19. The van der Waals surface area contributed by atoms with Crippen LogP contribution in [0.1, 0.15) is 30.9 Å². The SMILES string of the molecule is CCOc1cc(C=c2sc3n(c2=O)C(=N)C(C#N)C(c2ccc(O)c(OCC)c2)C=3C#N)ccc1O. The van der Waals surface area contributed by atoms with Crippen LogP contribution in [0, 0.1) is 34.0 Å². The van der Waals surface area contributed by atoms with Crippen molar-refractivity contribution in [2.24, 2.45) is 5.92 Å². The maximum absolute atomic E-state index is 13.3. The number of hydrogen-bond donors (Lipinski definition) is 3. The van der Waals surface area contributed by atoms with Gasteiger partial charge in [-0.15, -0.1) is 11.3 Å². The molecule has 3 N–H and O–H groups in total. The summed E-state index contributed by atoms with van der Waals surface area (Å²) in [6.45, 7) is 4.21. The van der Waals surface area contributed by atoms with E-state index in [9.17, 15) is 25.5 Å². The second-order valence-electron chi connectivity index (χ2n) is 7.87. The molecule has 36 heavy (non-hydrogen) atoms. The molecule has 2 heterocycles. The van der Waals surface area contributed by atoms with Crippen LogP contribution in [0.2, 0.25) is 0 Å². The normalized spacial score (nSPS) is 17.3. The third-order valence-corrected chi connectivity index (χ3v) is 6.83. The minimum absolute atomic E-state index is 0.0295. The van der Waals surface area contributed by atoms with Gasteiger partial charge in [0, 0.05) is 5.92 Å². The zero-order valence-corrected chi connectivity index (χ0v) is 20.3. The first kappa shape index (κ1) is 24.6. The van der Waals surface area contributed by atoms with Gasteiger partial charge in [0.15, 0.2) is 23.0 Å². The second-order valence-corrected chi connectivity index (χ2v) is 8.90. The molecule has 2 atom stereocenters. The van der Waals surface area contributed by atoms with E-state index in [-0.39, 0.29) is 43.6 Å². The highest BCUT2D eigenvalue weighted by Gasteiger charge is 2.38. The molecule has 0 amide bonds. The molecule has 182 valence electrons. The standard InChI is InChI=1S/C26H22N4O5S/c1-3-34-20-9-14(5-7-18(20)31)10-22-25(33)30-24(29)16(12-27)23(17(13-28)26(30)36-22)15-6-8-19(32)21(11-15)35-4-2/h5-11,16,23,29,31-32H,3-4H2,1-2H3. The van der Waals surface area contributed by atoms with E-state index in [1.807, 2.05) is 0 Å². The molecule has 1 aromatic heterocycles. The molecule has 0 spiro atoms. The summed E-state index contributed by atoms with van der Waals surface area (Å²) in [5.41, 5.74) is 0.763. The first-order valence-corrected chi connectivity index (χ1v) is 11.9. The number of nitrogens with one attached hydrogen (secondary N) is 1. The van der Waals surface area contributed by atoms with E-state index >= 15 is 0 Å². The van der Waals surface area contributed by atoms with Crippen LogP contribution in [0.5, 0.6) is 23.0 Å². The minimum Gasteiger partial charge on any atom is -0.504 e. The maximum Gasteiger partial charge on any atom is 0.274 e. The molecule has 3 aromatic rings. The van der Waals surface area contributed by atoms with Crippen LogP contribution in [-0.2, 0) is 0 Å². The first-order chi connectivity index (χ1) is 17.3. The van der Waals surface area contributed by atoms with E-state index in [0.29, 0.717) is 24.3 Å². The molecule has 1 aliphatic rings. The molecule has 4 rings (SSSR count). The van der Waals surface area contributed by atoms with E-state index in [2.05, 4.69) is 12.1 Å². The molecule has 0 aliphatic carbocycles. The van der Waals surface area contributed by atoms with Gasteiger partial charge < -0.3 is 19.7 Å². The highest BCUT2D eigenvalue weighted by molar-refractivity contribution is 7.07. The zero-order valence-electron chi connectivity index (χ0n) is 19.5. The number of thiazole rings is 1. The number of fused-ring (bicyclic) bond motifs is 1. The fraction of sp³-hybridized carbons (Fsp3) is 0.231. The lowest BCUT2D eigenvalue weighted by atomic mass is 9.79. The fourth-order valence-electron chi connectivity index (χ4n) is 4.13. The van der Waals surface area contributed by atoms with Gasteiger partial charge in [0.1, 0.15) is 16.4 Å². The lowest BCUT2D eigenvalue weighted by molar-refractivity contribution is 0.317. The maximum atomic E-state index is 13.3. The molecule has 2 aromatic carbocycles. The molecular weight excluding hydrogens is 480 g/mol. The zero-order chi connectivity index (χ0) is 26.0. The summed E-state index contributed by atoms with van der Waals surface area (Å²) in [7, 11) is 0. The van der Waals surface area contributed by atoms with Crippen molar-refractivity contribution in [3.63, 3.8) is 0 Å². The first-order valence-electron chi connectivity index (χ1n) is 11.1. The van der Waals surface area contributed by atoms with E-state index < -0.39 is 17.4 Å². The van der Waals surface area contributed by atoms with Crippen molar-refractivity contribution in [2.75, 3.05) is 13.2 Å². The predicted octanol–water partition coefficient (Wildman–Crippen LogP) is 2.38. The Kier molecular flexibility index (Phi) is 6.82. The van der Waals surface area contributed by atoms with Crippen LogP contribution in [0.3, 0.4) is 0 Å². The molecule has 0 radical (unpaired) electrons. The quantitative estimate of drug-likeness (QED) is 0.468. The summed E-state index contributed by atoms with van der Waals surface area (Å²) in [6, 6.07) is 13.4. The van der Waals surface area contributed by atoms with E-state index in [1.165, 1.54) is 12.1 Å². The van der Waals surface area contributed by atoms with Gasteiger partial charge in [0.25, 0.3) is 5.56 Å². The Labute approximate surface area is 210 Å². The lowest BCUT2D eigenvalue weighted by Gasteiger charge is -2.27. The van der Waals surface area contributed by atoms with Crippen LogP contribution in [-0.4, -0.2) is 33.8 Å². The van der Waals surface area contributed by atoms with E-state index in [1.54, 1.807) is 44.2 Å². The number of phenols is 2. The molecule has 2 unspecified atom stereocenters. The van der Waals surface area contributed by atoms with Crippen molar-refractivity contribution in [1.82, 2.24) is 4.57 Å². The summed E-state index contributed by atoms with van der Waals surface area (Å²) in [5.74, 6) is -1.80. The minimum atomic E-state index is -1.11. The van der Waals surface area contributed by atoms with E-state index in [4.69, 9.17) is 14.9 Å². The lowest BCUT2D eigenvalue weighted by Crippen LogP contribution is -2.45. The van der Waals surface area contributed by atoms with Gasteiger partial charge in [-0.2, -0.15) is 10.5 Å². The Morgan fingerprint density at radius 3 is 2.33 bits per heavy atom. The number of ether oxygens (including phenoxy) is 2. The summed E-state index contributed by atoms with van der Waals surface area (Å²) in [6.07, 6.45) is 1.59. The van der Waals surface area contributed by atoms with Crippen LogP contribution in [0.4, 0.5) is 0 Å². The van der Waals surface area contributed by atoms with Gasteiger partial charge >= 0.3 is 0 Å². The number of nitriles is 2. The smallest absolute Gasteiger partial charge is 0.274 e. The summed E-state index contributed by atoms with van der Waals surface area (Å²) in [5, 5.41) is 48.8. The summed E-state index contributed by atoms with van der Waals surface area (Å²) >= 11 is 1.05. The van der Waals surface area contributed by atoms with Crippen molar-refractivity contribution >= 4 is 28.8 Å². The van der Waals surface area contributed by atoms with Gasteiger partial charge in [-0.1, -0.05) is 12.1 Å². The molecular formula is C26H22N4O5S. The van der Waals surface area contributed by atoms with Crippen molar-refractivity contribution < 1.29 is 19.7 Å². The third-order valence-electron chi connectivity index (χ3n) is 5.72. The molecule has 0 saturated carbocycles. The van der Waals surface area contributed by atoms with Gasteiger partial charge in [-0.25, -0.2) is 0 Å². The van der Waals surface area contributed by atoms with Gasteiger partial charge in [-0.05, 0) is 55.3 Å². The van der Waals surface area contributed by atoms with Crippen LogP contribution >= 0.6 is 11.3 Å².